The summed E-state index contributed by atoms with van der Waals surface area (Å²) in [5.74, 6) is -3.51. The molecule has 3 N–H and O–H groups in total. The summed E-state index contributed by atoms with van der Waals surface area (Å²) < 4.78 is 0. The molecule has 0 aromatic rings. The predicted molar refractivity (Wildman–Crippen MR) is 36.6 cm³/mol. The van der Waals surface area contributed by atoms with Crippen LogP contribution in [-0.4, -0.2) is 27.1 Å². The van der Waals surface area contributed by atoms with E-state index in [1.807, 2.05) is 0 Å². The highest BCUT2D eigenvalue weighted by Gasteiger charge is 2.33. The number of hydrogen-bond acceptors (Lipinski definition) is 3. The number of allylic oxidation sites excluding steroid dienone is 2. The van der Waals surface area contributed by atoms with Crippen LogP contribution in [0.15, 0.2) is 23.8 Å². The molecule has 0 radical (unpaired) electrons. The summed E-state index contributed by atoms with van der Waals surface area (Å²) in [5, 5.41) is 26.6. The van der Waals surface area contributed by atoms with E-state index in [0.29, 0.717) is 0 Å². The Balaban J connectivity index is 2.97. The van der Waals surface area contributed by atoms with E-state index in [0.717, 1.165) is 0 Å². The first-order valence-corrected chi connectivity index (χ1v) is 3.09. The lowest BCUT2D eigenvalue weighted by atomic mass is 9.98. The minimum Gasteiger partial charge on any atom is -0.478 e. The van der Waals surface area contributed by atoms with Gasteiger partial charge in [0, 0.05) is 6.42 Å². The van der Waals surface area contributed by atoms with Crippen LogP contribution in [0.3, 0.4) is 0 Å². The molecule has 0 aromatic heterocycles. The molecule has 4 nitrogen and oxygen atoms in total. The van der Waals surface area contributed by atoms with Crippen molar-refractivity contribution in [1.29, 1.82) is 0 Å². The molecule has 0 saturated heterocycles. The van der Waals surface area contributed by atoms with Crippen molar-refractivity contribution in [2.45, 2.75) is 12.2 Å². The van der Waals surface area contributed by atoms with Gasteiger partial charge in [-0.1, -0.05) is 12.2 Å². The number of carbonyl (C=O) groups is 1. The smallest absolute Gasteiger partial charge is 0.337 e. The van der Waals surface area contributed by atoms with Crippen molar-refractivity contribution < 1.29 is 20.1 Å². The highest BCUT2D eigenvalue weighted by atomic mass is 16.5. The van der Waals surface area contributed by atoms with Crippen molar-refractivity contribution in [2.75, 3.05) is 0 Å². The van der Waals surface area contributed by atoms with E-state index in [1.54, 1.807) is 0 Å². The molecule has 1 rings (SSSR count). The molecule has 0 aromatic carbocycles. The maximum absolute atomic E-state index is 10.3. The summed E-state index contributed by atoms with van der Waals surface area (Å²) in [5.41, 5.74) is -0.389. The summed E-state index contributed by atoms with van der Waals surface area (Å²) in [7, 11) is 0. The number of aliphatic hydroxyl groups is 2. The minimum atomic E-state index is -2.21. The van der Waals surface area contributed by atoms with Gasteiger partial charge in [-0.2, -0.15) is 0 Å². The van der Waals surface area contributed by atoms with Gasteiger partial charge in [0.1, 0.15) is 0 Å². The first kappa shape index (κ1) is 7.97. The molecule has 0 saturated carbocycles. The Labute approximate surface area is 63.1 Å². The molecule has 11 heavy (non-hydrogen) atoms. The van der Waals surface area contributed by atoms with Gasteiger partial charge in [0.2, 0.25) is 0 Å². The normalized spacial score (nSPS) is 21.1. The lowest BCUT2D eigenvalue weighted by Crippen LogP contribution is -2.35. The van der Waals surface area contributed by atoms with Crippen molar-refractivity contribution in [3.8, 4) is 0 Å². The molecule has 0 fully saturated rings. The molecular formula is C7H8O4. The van der Waals surface area contributed by atoms with Crippen LogP contribution in [0.5, 0.6) is 0 Å². The summed E-state index contributed by atoms with van der Waals surface area (Å²) in [6.45, 7) is 0. The zero-order valence-corrected chi connectivity index (χ0v) is 5.69. The Morgan fingerprint density at radius 2 is 2.18 bits per heavy atom. The second kappa shape index (κ2) is 2.48. The fourth-order valence-corrected chi connectivity index (χ4v) is 0.883. The summed E-state index contributed by atoms with van der Waals surface area (Å²) in [6, 6.07) is 0. The molecule has 0 aliphatic heterocycles. The quantitative estimate of drug-likeness (QED) is 0.453. The summed E-state index contributed by atoms with van der Waals surface area (Å²) in [6.07, 6.45) is 4.07. The van der Waals surface area contributed by atoms with Crippen LogP contribution in [0.4, 0.5) is 0 Å². The van der Waals surface area contributed by atoms with E-state index in [4.69, 9.17) is 15.3 Å². The standard InChI is InChI=1S/C7H8O4/c8-6(9)5-3-1-2-4-7(5,10)11/h1-3,10-11H,4H2,(H,8,9). The monoisotopic (exact) mass is 156 g/mol. The first-order chi connectivity index (χ1) is 5.04. The van der Waals surface area contributed by atoms with Crippen LogP contribution < -0.4 is 0 Å². The second-order valence-corrected chi connectivity index (χ2v) is 2.33. The summed E-state index contributed by atoms with van der Waals surface area (Å²) in [4.78, 5) is 10.3. The second-order valence-electron chi connectivity index (χ2n) is 2.33. The molecule has 0 unspecified atom stereocenters. The van der Waals surface area contributed by atoms with Gasteiger partial charge in [-0.15, -0.1) is 0 Å². The Morgan fingerprint density at radius 1 is 1.55 bits per heavy atom. The third-order valence-corrected chi connectivity index (χ3v) is 1.46. The van der Waals surface area contributed by atoms with Crippen molar-refractivity contribution in [3.05, 3.63) is 23.8 Å². The van der Waals surface area contributed by atoms with Crippen molar-refractivity contribution in [1.82, 2.24) is 0 Å². The Kier molecular flexibility index (Phi) is 1.80. The van der Waals surface area contributed by atoms with Gasteiger partial charge in [-0.25, -0.2) is 4.79 Å². The van der Waals surface area contributed by atoms with E-state index in [9.17, 15) is 4.79 Å². The largest absolute Gasteiger partial charge is 0.478 e. The summed E-state index contributed by atoms with van der Waals surface area (Å²) >= 11 is 0. The molecule has 0 spiro atoms. The molecule has 1 aliphatic rings. The average molecular weight is 156 g/mol. The van der Waals surface area contributed by atoms with Gasteiger partial charge in [-0.3, -0.25) is 0 Å². The lowest BCUT2D eigenvalue weighted by molar-refractivity contribution is -0.153. The maximum Gasteiger partial charge on any atom is 0.337 e. The predicted octanol–water partition coefficient (Wildman–Crippen LogP) is -0.362. The SMILES string of the molecule is O=C(O)C1=CC=CCC1(O)O. The van der Waals surface area contributed by atoms with Crippen LogP contribution in [0.2, 0.25) is 0 Å². The number of carboxylic acid groups (broad SMARTS) is 1. The van der Waals surface area contributed by atoms with Crippen LogP contribution >= 0.6 is 0 Å². The number of hydrogen-bond donors (Lipinski definition) is 3. The van der Waals surface area contributed by atoms with E-state index < -0.39 is 11.8 Å². The molecule has 0 amide bonds. The van der Waals surface area contributed by atoms with E-state index in [2.05, 4.69) is 0 Å². The molecular weight excluding hydrogens is 148 g/mol. The van der Waals surface area contributed by atoms with Crippen molar-refractivity contribution >= 4 is 5.97 Å². The fraction of sp³-hybridized carbons (Fsp3) is 0.286. The van der Waals surface area contributed by atoms with Crippen LogP contribution in [0, 0.1) is 0 Å². The Morgan fingerprint density at radius 3 is 2.55 bits per heavy atom. The van der Waals surface area contributed by atoms with Crippen LogP contribution in [0.25, 0.3) is 0 Å². The number of aliphatic carboxylic acids is 1. The third-order valence-electron chi connectivity index (χ3n) is 1.46. The maximum atomic E-state index is 10.3. The fourth-order valence-electron chi connectivity index (χ4n) is 0.883. The highest BCUT2D eigenvalue weighted by molar-refractivity contribution is 5.89. The van der Waals surface area contributed by atoms with E-state index in [-0.39, 0.29) is 12.0 Å². The molecule has 0 heterocycles. The van der Waals surface area contributed by atoms with Crippen molar-refractivity contribution in [2.24, 2.45) is 0 Å². The average Bonchev–Trinajstić information content (AvgIpc) is 1.85. The first-order valence-electron chi connectivity index (χ1n) is 3.09. The van der Waals surface area contributed by atoms with Gasteiger partial charge in [0.25, 0.3) is 0 Å². The zero-order valence-electron chi connectivity index (χ0n) is 5.69. The van der Waals surface area contributed by atoms with Crippen LogP contribution in [-0.2, 0) is 4.79 Å². The van der Waals surface area contributed by atoms with Gasteiger partial charge < -0.3 is 15.3 Å². The van der Waals surface area contributed by atoms with Crippen LogP contribution in [0.1, 0.15) is 6.42 Å². The third kappa shape index (κ3) is 1.47. The molecule has 60 valence electrons. The molecule has 0 bridgehead atoms. The van der Waals surface area contributed by atoms with Crippen molar-refractivity contribution in [3.63, 3.8) is 0 Å². The molecule has 1 aliphatic carbocycles. The molecule has 4 heteroatoms. The lowest BCUT2D eigenvalue weighted by Gasteiger charge is -2.22. The number of carboxylic acids is 1. The highest BCUT2D eigenvalue weighted by Crippen LogP contribution is 2.22. The zero-order chi connectivity index (χ0) is 8.48. The van der Waals surface area contributed by atoms with Gasteiger partial charge in [-0.05, 0) is 6.08 Å². The Bertz CT molecular complexity index is 237. The number of rotatable bonds is 1. The Hall–Kier alpha value is -1.13. The molecule has 0 atom stereocenters. The minimum absolute atomic E-state index is 0.0782. The van der Waals surface area contributed by atoms with Gasteiger partial charge in [0.15, 0.2) is 5.79 Å². The van der Waals surface area contributed by atoms with E-state index in [1.165, 1.54) is 18.2 Å². The van der Waals surface area contributed by atoms with Gasteiger partial charge >= 0.3 is 5.97 Å². The van der Waals surface area contributed by atoms with E-state index >= 15 is 0 Å². The van der Waals surface area contributed by atoms with Gasteiger partial charge in [0.05, 0.1) is 5.57 Å². The topological polar surface area (TPSA) is 77.8 Å².